The standard InChI is InChI=1S/C25H27ClN2O4/c1-17(13-25(29)27-7-8-28-9-11-31-12-10-28)20-14-21-22(18-3-5-19(26)6-4-18)16-32-24(21)15-23(20)30-2/h3-6,13-16H,7-12H2,1-2H3,(H,27,29)/b17-13+. The molecule has 1 N–H and O–H groups in total. The van der Waals surface area contributed by atoms with Crippen LogP contribution in [0.1, 0.15) is 12.5 Å². The van der Waals surface area contributed by atoms with Crippen molar-refractivity contribution in [1.82, 2.24) is 10.2 Å². The first-order valence-electron chi connectivity index (χ1n) is 10.7. The van der Waals surface area contributed by atoms with E-state index < -0.39 is 0 Å². The minimum absolute atomic E-state index is 0.122. The highest BCUT2D eigenvalue weighted by Crippen LogP contribution is 2.37. The number of halogens is 1. The Labute approximate surface area is 192 Å². The first kappa shape index (κ1) is 22.4. The number of methoxy groups -OCH3 is 1. The number of benzene rings is 2. The third kappa shape index (κ3) is 5.15. The monoisotopic (exact) mass is 454 g/mol. The number of nitrogens with zero attached hydrogens (tertiary/aromatic N) is 1. The normalized spacial score (nSPS) is 15.2. The number of rotatable bonds is 7. The van der Waals surface area contributed by atoms with Crippen LogP contribution >= 0.6 is 11.6 Å². The van der Waals surface area contributed by atoms with Gasteiger partial charge in [0.15, 0.2) is 0 Å². The molecule has 1 fully saturated rings. The molecule has 1 aliphatic rings. The summed E-state index contributed by atoms with van der Waals surface area (Å²) in [7, 11) is 1.61. The third-order valence-corrected chi connectivity index (χ3v) is 5.91. The van der Waals surface area contributed by atoms with Crippen LogP contribution in [0.4, 0.5) is 0 Å². The van der Waals surface area contributed by atoms with Gasteiger partial charge in [0.05, 0.1) is 26.6 Å². The molecule has 1 aromatic heterocycles. The molecule has 4 rings (SSSR count). The average Bonchev–Trinajstić information content (AvgIpc) is 3.22. The second kappa shape index (κ2) is 10.2. The fraction of sp³-hybridized carbons (Fsp3) is 0.320. The number of nitrogens with one attached hydrogen (secondary N) is 1. The Kier molecular flexibility index (Phi) is 7.15. The van der Waals surface area contributed by atoms with E-state index in [1.54, 1.807) is 19.4 Å². The molecule has 3 aromatic rings. The number of furan rings is 1. The topological polar surface area (TPSA) is 63.9 Å². The summed E-state index contributed by atoms with van der Waals surface area (Å²) >= 11 is 6.03. The number of carbonyl (C=O) groups is 1. The van der Waals surface area contributed by atoms with Crippen LogP contribution in [0.3, 0.4) is 0 Å². The van der Waals surface area contributed by atoms with E-state index >= 15 is 0 Å². The van der Waals surface area contributed by atoms with Crippen LogP contribution in [-0.2, 0) is 9.53 Å². The van der Waals surface area contributed by atoms with Gasteiger partial charge < -0.3 is 19.2 Å². The summed E-state index contributed by atoms with van der Waals surface area (Å²) in [6, 6.07) is 11.5. The predicted molar refractivity (Wildman–Crippen MR) is 127 cm³/mol. The summed E-state index contributed by atoms with van der Waals surface area (Å²) in [5, 5.41) is 4.60. The van der Waals surface area contributed by atoms with Gasteiger partial charge in [0.2, 0.25) is 5.91 Å². The smallest absolute Gasteiger partial charge is 0.244 e. The van der Waals surface area contributed by atoms with Gasteiger partial charge in [0, 0.05) is 59.9 Å². The number of amides is 1. The molecule has 0 saturated carbocycles. The van der Waals surface area contributed by atoms with Crippen LogP contribution in [0.25, 0.3) is 27.7 Å². The average molecular weight is 455 g/mol. The van der Waals surface area contributed by atoms with Crippen LogP contribution < -0.4 is 10.1 Å². The quantitative estimate of drug-likeness (QED) is 0.528. The van der Waals surface area contributed by atoms with E-state index in [2.05, 4.69) is 10.2 Å². The highest BCUT2D eigenvalue weighted by molar-refractivity contribution is 6.30. The van der Waals surface area contributed by atoms with E-state index in [4.69, 9.17) is 25.5 Å². The lowest BCUT2D eigenvalue weighted by molar-refractivity contribution is -0.116. The molecule has 6 nitrogen and oxygen atoms in total. The summed E-state index contributed by atoms with van der Waals surface area (Å²) < 4.78 is 16.7. The molecule has 168 valence electrons. The van der Waals surface area contributed by atoms with Crippen LogP contribution in [0.5, 0.6) is 5.75 Å². The second-order valence-corrected chi connectivity index (χ2v) is 8.21. The van der Waals surface area contributed by atoms with Gasteiger partial charge in [-0.15, -0.1) is 0 Å². The third-order valence-electron chi connectivity index (χ3n) is 5.65. The molecule has 1 saturated heterocycles. The SMILES string of the molecule is COc1cc2occ(-c3ccc(Cl)cc3)c2cc1/C(C)=C/C(=O)NCCN1CCOCC1. The Bertz CT molecular complexity index is 1110. The van der Waals surface area contributed by atoms with E-state index in [-0.39, 0.29) is 5.91 Å². The summed E-state index contributed by atoms with van der Waals surface area (Å²) in [6.07, 6.45) is 3.35. The molecule has 1 aliphatic heterocycles. The molecule has 2 heterocycles. The number of allylic oxidation sites excluding steroid dienone is 1. The van der Waals surface area contributed by atoms with Gasteiger partial charge in [-0.05, 0) is 36.3 Å². The van der Waals surface area contributed by atoms with Gasteiger partial charge in [0.25, 0.3) is 0 Å². The number of hydrogen-bond donors (Lipinski definition) is 1. The fourth-order valence-corrected chi connectivity index (χ4v) is 4.00. The van der Waals surface area contributed by atoms with Gasteiger partial charge in [-0.3, -0.25) is 9.69 Å². The van der Waals surface area contributed by atoms with E-state index in [9.17, 15) is 4.79 Å². The predicted octanol–water partition coefficient (Wildman–Crippen LogP) is 4.61. The van der Waals surface area contributed by atoms with Crippen molar-refractivity contribution in [3.63, 3.8) is 0 Å². The molecule has 0 aliphatic carbocycles. The summed E-state index contributed by atoms with van der Waals surface area (Å²) in [4.78, 5) is 14.8. The Morgan fingerprint density at radius 3 is 2.69 bits per heavy atom. The van der Waals surface area contributed by atoms with Crippen LogP contribution in [-0.4, -0.2) is 57.3 Å². The summed E-state index contributed by atoms with van der Waals surface area (Å²) in [5.74, 6) is 0.535. The van der Waals surface area contributed by atoms with E-state index in [0.29, 0.717) is 17.3 Å². The zero-order chi connectivity index (χ0) is 22.5. The zero-order valence-corrected chi connectivity index (χ0v) is 19.1. The van der Waals surface area contributed by atoms with E-state index in [0.717, 1.165) is 66.1 Å². The fourth-order valence-electron chi connectivity index (χ4n) is 3.87. The molecule has 0 bridgehead atoms. The zero-order valence-electron chi connectivity index (χ0n) is 18.3. The largest absolute Gasteiger partial charge is 0.496 e. The first-order valence-corrected chi connectivity index (χ1v) is 11.0. The van der Waals surface area contributed by atoms with Gasteiger partial charge in [-0.1, -0.05) is 23.7 Å². The van der Waals surface area contributed by atoms with Crippen molar-refractivity contribution < 1.29 is 18.7 Å². The molecule has 32 heavy (non-hydrogen) atoms. The lowest BCUT2D eigenvalue weighted by Crippen LogP contribution is -2.41. The highest BCUT2D eigenvalue weighted by Gasteiger charge is 2.15. The maximum Gasteiger partial charge on any atom is 0.244 e. The van der Waals surface area contributed by atoms with Gasteiger partial charge >= 0.3 is 0 Å². The van der Waals surface area contributed by atoms with Crippen molar-refractivity contribution in [2.75, 3.05) is 46.5 Å². The van der Waals surface area contributed by atoms with Crippen molar-refractivity contribution in [3.8, 4) is 16.9 Å². The molecule has 7 heteroatoms. The molecule has 0 atom stereocenters. The van der Waals surface area contributed by atoms with Crippen molar-refractivity contribution in [2.45, 2.75) is 6.92 Å². The van der Waals surface area contributed by atoms with Crippen molar-refractivity contribution in [3.05, 3.63) is 59.3 Å². The summed E-state index contributed by atoms with van der Waals surface area (Å²) in [6.45, 7) is 6.64. The maximum atomic E-state index is 12.5. The molecule has 0 unspecified atom stereocenters. The first-order chi connectivity index (χ1) is 15.5. The Morgan fingerprint density at radius 2 is 1.97 bits per heavy atom. The van der Waals surface area contributed by atoms with Crippen LogP contribution in [0, 0.1) is 0 Å². The second-order valence-electron chi connectivity index (χ2n) is 7.78. The minimum Gasteiger partial charge on any atom is -0.496 e. The number of hydrogen-bond acceptors (Lipinski definition) is 5. The van der Waals surface area contributed by atoms with Gasteiger partial charge in [-0.25, -0.2) is 0 Å². The molecule has 1 amide bonds. The Balaban J connectivity index is 1.54. The number of fused-ring (bicyclic) bond motifs is 1. The number of ether oxygens (including phenoxy) is 2. The Morgan fingerprint density at radius 1 is 1.22 bits per heavy atom. The van der Waals surface area contributed by atoms with E-state index in [1.165, 1.54) is 0 Å². The number of morpholine rings is 1. The minimum atomic E-state index is -0.122. The van der Waals surface area contributed by atoms with E-state index in [1.807, 2.05) is 43.3 Å². The number of carbonyl (C=O) groups excluding carboxylic acids is 1. The molecule has 2 aromatic carbocycles. The van der Waals surface area contributed by atoms with Gasteiger partial charge in [0.1, 0.15) is 11.3 Å². The molecule has 0 radical (unpaired) electrons. The Hall–Kier alpha value is -2.80. The molecular formula is C25H27ClN2O4. The van der Waals surface area contributed by atoms with Crippen LogP contribution in [0.15, 0.2) is 53.2 Å². The van der Waals surface area contributed by atoms with Crippen LogP contribution in [0.2, 0.25) is 5.02 Å². The summed E-state index contributed by atoms with van der Waals surface area (Å²) in [5.41, 5.74) is 4.35. The lowest BCUT2D eigenvalue weighted by atomic mass is 9.99. The van der Waals surface area contributed by atoms with Crippen molar-refractivity contribution in [2.24, 2.45) is 0 Å². The highest BCUT2D eigenvalue weighted by atomic mass is 35.5. The van der Waals surface area contributed by atoms with Gasteiger partial charge in [-0.2, -0.15) is 0 Å². The van der Waals surface area contributed by atoms with Crippen molar-refractivity contribution in [1.29, 1.82) is 0 Å². The lowest BCUT2D eigenvalue weighted by Gasteiger charge is -2.26. The molecule has 0 spiro atoms. The van der Waals surface area contributed by atoms with Crippen molar-refractivity contribution >= 4 is 34.1 Å². The maximum absolute atomic E-state index is 12.5. The molecular weight excluding hydrogens is 428 g/mol.